The standard InChI is InChI=1S/C14H20N2OS/c1-3-12-14(17)16(11-6-9(2)7-11)13(15-12)10-4-5-18-8-10/h4-5,8-9,11-13,15H,3,6-7H2,1-2H3. The average Bonchev–Trinajstić information content (AvgIpc) is 2.92. The molecule has 3 rings (SSSR count). The fourth-order valence-electron chi connectivity index (χ4n) is 3.11. The van der Waals surface area contributed by atoms with Gasteiger partial charge >= 0.3 is 0 Å². The molecule has 18 heavy (non-hydrogen) atoms. The summed E-state index contributed by atoms with van der Waals surface area (Å²) in [7, 11) is 0. The van der Waals surface area contributed by atoms with Gasteiger partial charge in [-0.15, -0.1) is 0 Å². The van der Waals surface area contributed by atoms with Crippen LogP contribution < -0.4 is 5.32 Å². The maximum absolute atomic E-state index is 12.4. The van der Waals surface area contributed by atoms with Crippen molar-refractivity contribution in [3.05, 3.63) is 22.4 Å². The first-order valence-electron chi connectivity index (χ1n) is 6.81. The van der Waals surface area contributed by atoms with E-state index in [2.05, 4.69) is 40.9 Å². The molecule has 3 nitrogen and oxygen atoms in total. The molecule has 2 unspecified atom stereocenters. The number of carbonyl (C=O) groups excluding carboxylic acids is 1. The quantitative estimate of drug-likeness (QED) is 0.910. The average molecular weight is 264 g/mol. The molecule has 1 amide bonds. The van der Waals surface area contributed by atoms with Gasteiger partial charge in [-0.2, -0.15) is 11.3 Å². The number of hydrogen-bond acceptors (Lipinski definition) is 3. The second-order valence-electron chi connectivity index (χ2n) is 5.56. The first kappa shape index (κ1) is 12.2. The predicted octanol–water partition coefficient (Wildman–Crippen LogP) is 2.76. The SMILES string of the molecule is CCC1NC(c2ccsc2)N(C2CC(C)C2)C1=O. The number of rotatable bonds is 3. The molecule has 0 aromatic carbocycles. The summed E-state index contributed by atoms with van der Waals surface area (Å²) in [4.78, 5) is 14.6. The van der Waals surface area contributed by atoms with Crippen LogP contribution in [-0.4, -0.2) is 22.9 Å². The van der Waals surface area contributed by atoms with E-state index < -0.39 is 0 Å². The molecule has 0 radical (unpaired) electrons. The summed E-state index contributed by atoms with van der Waals surface area (Å²) in [5.74, 6) is 1.07. The predicted molar refractivity (Wildman–Crippen MR) is 73.3 cm³/mol. The van der Waals surface area contributed by atoms with Crippen molar-refractivity contribution in [2.75, 3.05) is 0 Å². The molecule has 4 heteroatoms. The highest BCUT2D eigenvalue weighted by Crippen LogP contribution is 2.39. The third-order valence-corrected chi connectivity index (χ3v) is 4.90. The Kier molecular flexibility index (Phi) is 3.16. The van der Waals surface area contributed by atoms with E-state index in [-0.39, 0.29) is 12.2 Å². The molecule has 1 saturated carbocycles. The Balaban J connectivity index is 1.84. The zero-order valence-electron chi connectivity index (χ0n) is 10.9. The van der Waals surface area contributed by atoms with Crippen LogP contribution in [0.15, 0.2) is 16.8 Å². The second kappa shape index (κ2) is 4.67. The molecule has 2 heterocycles. The molecule has 2 aliphatic rings. The minimum Gasteiger partial charge on any atom is -0.319 e. The fraction of sp³-hybridized carbons (Fsp3) is 0.643. The monoisotopic (exact) mass is 264 g/mol. The van der Waals surface area contributed by atoms with Crippen LogP contribution in [0.2, 0.25) is 0 Å². The smallest absolute Gasteiger partial charge is 0.241 e. The third kappa shape index (κ3) is 1.88. The minimum atomic E-state index is 0.00538. The fourth-order valence-corrected chi connectivity index (χ4v) is 3.79. The second-order valence-corrected chi connectivity index (χ2v) is 6.34. The maximum Gasteiger partial charge on any atom is 0.241 e. The molecule has 1 aliphatic heterocycles. The summed E-state index contributed by atoms with van der Waals surface area (Å²) in [6, 6.07) is 2.58. The Morgan fingerprint density at radius 2 is 2.28 bits per heavy atom. The lowest BCUT2D eigenvalue weighted by Crippen LogP contribution is -2.47. The van der Waals surface area contributed by atoms with Crippen molar-refractivity contribution in [2.45, 2.75) is 51.4 Å². The Hall–Kier alpha value is -0.870. The van der Waals surface area contributed by atoms with E-state index in [1.165, 1.54) is 5.56 Å². The molecular formula is C14H20N2OS. The van der Waals surface area contributed by atoms with E-state index >= 15 is 0 Å². The molecule has 1 N–H and O–H groups in total. The maximum atomic E-state index is 12.4. The number of amides is 1. The summed E-state index contributed by atoms with van der Waals surface area (Å²) in [5.41, 5.74) is 1.24. The van der Waals surface area contributed by atoms with E-state index in [1.54, 1.807) is 11.3 Å². The lowest BCUT2D eigenvalue weighted by atomic mass is 9.80. The van der Waals surface area contributed by atoms with E-state index in [0.29, 0.717) is 11.9 Å². The molecule has 1 aromatic heterocycles. The number of carbonyl (C=O) groups is 1. The molecule has 98 valence electrons. The van der Waals surface area contributed by atoms with Gasteiger partial charge in [0.15, 0.2) is 0 Å². The van der Waals surface area contributed by atoms with E-state index in [4.69, 9.17) is 0 Å². The van der Waals surface area contributed by atoms with Crippen molar-refractivity contribution in [3.63, 3.8) is 0 Å². The zero-order chi connectivity index (χ0) is 12.7. The van der Waals surface area contributed by atoms with Crippen LogP contribution in [0.3, 0.4) is 0 Å². The lowest BCUT2D eigenvalue weighted by Gasteiger charge is -2.42. The van der Waals surface area contributed by atoms with Crippen molar-refractivity contribution >= 4 is 17.2 Å². The van der Waals surface area contributed by atoms with Gasteiger partial charge in [-0.25, -0.2) is 0 Å². The van der Waals surface area contributed by atoms with Gasteiger partial charge < -0.3 is 4.90 Å². The summed E-state index contributed by atoms with van der Waals surface area (Å²) >= 11 is 1.70. The highest BCUT2D eigenvalue weighted by Gasteiger charge is 2.45. The van der Waals surface area contributed by atoms with Gasteiger partial charge in [-0.1, -0.05) is 13.8 Å². The third-order valence-electron chi connectivity index (χ3n) is 4.20. The Bertz CT molecular complexity index is 425. The number of nitrogens with one attached hydrogen (secondary N) is 1. The summed E-state index contributed by atoms with van der Waals surface area (Å²) in [6.45, 7) is 4.34. The minimum absolute atomic E-state index is 0.00538. The van der Waals surface area contributed by atoms with Gasteiger partial charge in [-0.3, -0.25) is 10.1 Å². The van der Waals surface area contributed by atoms with Crippen molar-refractivity contribution in [1.82, 2.24) is 10.2 Å². The first-order chi connectivity index (χ1) is 8.70. The molecular weight excluding hydrogens is 244 g/mol. The molecule has 2 fully saturated rings. The van der Waals surface area contributed by atoms with Crippen molar-refractivity contribution in [1.29, 1.82) is 0 Å². The first-order valence-corrected chi connectivity index (χ1v) is 7.75. The molecule has 0 bridgehead atoms. The summed E-state index contributed by atoms with van der Waals surface area (Å²) in [5, 5.41) is 7.73. The Labute approximate surface area is 112 Å². The van der Waals surface area contributed by atoms with Crippen LogP contribution in [0.4, 0.5) is 0 Å². The van der Waals surface area contributed by atoms with E-state index in [9.17, 15) is 4.79 Å². The normalized spacial score (nSPS) is 35.9. The topological polar surface area (TPSA) is 32.3 Å². The number of hydrogen-bond donors (Lipinski definition) is 1. The van der Waals surface area contributed by atoms with Crippen molar-refractivity contribution in [2.24, 2.45) is 5.92 Å². The highest BCUT2D eigenvalue weighted by atomic mass is 32.1. The van der Waals surface area contributed by atoms with Crippen molar-refractivity contribution < 1.29 is 4.79 Å². The van der Waals surface area contributed by atoms with Crippen LogP contribution in [0.1, 0.15) is 44.8 Å². The van der Waals surface area contributed by atoms with Gasteiger partial charge in [0, 0.05) is 6.04 Å². The molecule has 1 aromatic rings. The van der Waals surface area contributed by atoms with E-state index in [1.807, 2.05) is 0 Å². The molecule has 1 aliphatic carbocycles. The molecule has 2 atom stereocenters. The number of thiophene rings is 1. The lowest BCUT2D eigenvalue weighted by molar-refractivity contribution is -0.135. The van der Waals surface area contributed by atoms with Gasteiger partial charge in [0.2, 0.25) is 5.91 Å². The molecule has 1 saturated heterocycles. The Morgan fingerprint density at radius 1 is 1.50 bits per heavy atom. The summed E-state index contributed by atoms with van der Waals surface area (Å²) < 4.78 is 0. The van der Waals surface area contributed by atoms with Crippen LogP contribution >= 0.6 is 11.3 Å². The molecule has 0 spiro atoms. The van der Waals surface area contributed by atoms with Gasteiger partial charge in [-0.05, 0) is 47.6 Å². The van der Waals surface area contributed by atoms with E-state index in [0.717, 1.165) is 25.2 Å². The van der Waals surface area contributed by atoms with Crippen LogP contribution in [-0.2, 0) is 4.79 Å². The van der Waals surface area contributed by atoms with Crippen molar-refractivity contribution in [3.8, 4) is 0 Å². The van der Waals surface area contributed by atoms with Gasteiger partial charge in [0.1, 0.15) is 6.17 Å². The van der Waals surface area contributed by atoms with Crippen LogP contribution in [0.25, 0.3) is 0 Å². The summed E-state index contributed by atoms with van der Waals surface area (Å²) in [6.07, 6.45) is 3.29. The largest absolute Gasteiger partial charge is 0.319 e. The highest BCUT2D eigenvalue weighted by molar-refractivity contribution is 7.07. The zero-order valence-corrected chi connectivity index (χ0v) is 11.7. The van der Waals surface area contributed by atoms with Crippen LogP contribution in [0.5, 0.6) is 0 Å². The van der Waals surface area contributed by atoms with Gasteiger partial charge in [0.25, 0.3) is 0 Å². The van der Waals surface area contributed by atoms with Crippen LogP contribution in [0, 0.1) is 5.92 Å². The van der Waals surface area contributed by atoms with Gasteiger partial charge in [0.05, 0.1) is 6.04 Å². The number of nitrogens with zero attached hydrogens (tertiary/aromatic N) is 1. The Morgan fingerprint density at radius 3 is 2.83 bits per heavy atom.